The van der Waals surface area contributed by atoms with Crippen LogP contribution in [0, 0.1) is 0 Å². The van der Waals surface area contributed by atoms with E-state index in [1.165, 1.54) is 0 Å². The van der Waals surface area contributed by atoms with Gasteiger partial charge in [0.05, 0.1) is 13.2 Å². The summed E-state index contributed by atoms with van der Waals surface area (Å²) in [6.45, 7) is 9.79. The molecular formula is C13H29ClN2O3. The fourth-order valence-corrected chi connectivity index (χ4v) is 1.41. The first-order valence-corrected chi connectivity index (χ1v) is 6.75. The lowest BCUT2D eigenvalue weighted by Gasteiger charge is -2.27. The third kappa shape index (κ3) is 9.21. The van der Waals surface area contributed by atoms with Gasteiger partial charge in [-0.1, -0.05) is 13.8 Å². The van der Waals surface area contributed by atoms with E-state index < -0.39 is 6.10 Å². The van der Waals surface area contributed by atoms with E-state index in [2.05, 4.69) is 5.32 Å². The van der Waals surface area contributed by atoms with Crippen molar-refractivity contribution >= 4 is 18.3 Å². The van der Waals surface area contributed by atoms with Crippen LogP contribution in [0.1, 0.15) is 40.5 Å². The number of halogens is 1. The van der Waals surface area contributed by atoms with Gasteiger partial charge in [-0.05, 0) is 26.7 Å². The van der Waals surface area contributed by atoms with Gasteiger partial charge in [-0.25, -0.2) is 0 Å². The summed E-state index contributed by atoms with van der Waals surface area (Å²) >= 11 is 0. The quantitative estimate of drug-likeness (QED) is 0.599. The molecule has 0 saturated carbocycles. The predicted octanol–water partition coefficient (Wildman–Crippen LogP) is 1.48. The van der Waals surface area contributed by atoms with Gasteiger partial charge in [0.15, 0.2) is 0 Å². The number of carbonyl (C=O) groups excluding carboxylic acids is 1. The molecule has 1 amide bonds. The molecule has 0 aromatic rings. The highest BCUT2D eigenvalue weighted by atomic mass is 35.5. The zero-order valence-electron chi connectivity index (χ0n) is 12.5. The van der Waals surface area contributed by atoms with Gasteiger partial charge in [-0.3, -0.25) is 4.79 Å². The second-order valence-corrected chi connectivity index (χ2v) is 4.50. The van der Waals surface area contributed by atoms with Gasteiger partial charge in [-0.2, -0.15) is 0 Å². The maximum Gasteiger partial charge on any atom is 0.248 e. The molecule has 19 heavy (non-hydrogen) atoms. The highest BCUT2D eigenvalue weighted by molar-refractivity contribution is 5.85. The Bertz CT molecular complexity index is 236. The third-order valence-electron chi connectivity index (χ3n) is 3.19. The summed E-state index contributed by atoms with van der Waals surface area (Å²) in [6, 6.07) is 0. The van der Waals surface area contributed by atoms with Gasteiger partial charge in [0, 0.05) is 18.7 Å². The van der Waals surface area contributed by atoms with E-state index in [1.54, 1.807) is 6.92 Å². The van der Waals surface area contributed by atoms with Crippen LogP contribution < -0.4 is 11.1 Å². The molecule has 0 heterocycles. The molecule has 1 unspecified atom stereocenters. The minimum absolute atomic E-state index is 0. The standard InChI is InChI=1S/C13H28N2O3.ClH/c1-5-13(14,6-2)10-15-12(16)11(4)18-9-8-17-7-3;/h11H,5-10,14H2,1-4H3,(H,15,16);1H. The number of amides is 1. The average Bonchev–Trinajstić information content (AvgIpc) is 2.40. The van der Waals surface area contributed by atoms with Gasteiger partial charge in [-0.15, -0.1) is 12.4 Å². The van der Waals surface area contributed by atoms with Crippen molar-refractivity contribution in [3.8, 4) is 0 Å². The maximum absolute atomic E-state index is 11.8. The Kier molecular flexibility index (Phi) is 12.6. The number of carbonyl (C=O) groups is 1. The molecule has 1 atom stereocenters. The Balaban J connectivity index is 0. The number of hydrogen-bond acceptors (Lipinski definition) is 4. The Morgan fingerprint density at radius 2 is 1.84 bits per heavy atom. The van der Waals surface area contributed by atoms with Crippen LogP contribution >= 0.6 is 12.4 Å². The summed E-state index contributed by atoms with van der Waals surface area (Å²) in [7, 11) is 0. The van der Waals surface area contributed by atoms with Crippen molar-refractivity contribution in [3.63, 3.8) is 0 Å². The maximum atomic E-state index is 11.8. The van der Waals surface area contributed by atoms with Gasteiger partial charge < -0.3 is 20.5 Å². The first kappa shape index (κ1) is 20.9. The molecule has 6 heteroatoms. The lowest BCUT2D eigenvalue weighted by Crippen LogP contribution is -2.51. The van der Waals surface area contributed by atoms with Crippen molar-refractivity contribution < 1.29 is 14.3 Å². The molecule has 0 fully saturated rings. The van der Waals surface area contributed by atoms with Crippen molar-refractivity contribution in [2.45, 2.75) is 52.2 Å². The first-order chi connectivity index (χ1) is 8.49. The van der Waals surface area contributed by atoms with Crippen molar-refractivity contribution in [1.29, 1.82) is 0 Å². The smallest absolute Gasteiger partial charge is 0.248 e. The first-order valence-electron chi connectivity index (χ1n) is 6.75. The van der Waals surface area contributed by atoms with Crippen LogP contribution in [0.5, 0.6) is 0 Å². The third-order valence-corrected chi connectivity index (χ3v) is 3.19. The van der Waals surface area contributed by atoms with E-state index in [-0.39, 0.29) is 23.9 Å². The van der Waals surface area contributed by atoms with Crippen molar-refractivity contribution in [1.82, 2.24) is 5.32 Å². The minimum Gasteiger partial charge on any atom is -0.379 e. The lowest BCUT2D eigenvalue weighted by atomic mass is 9.94. The molecule has 0 aliphatic heterocycles. The summed E-state index contributed by atoms with van der Waals surface area (Å²) < 4.78 is 10.5. The van der Waals surface area contributed by atoms with E-state index in [0.717, 1.165) is 12.8 Å². The second-order valence-electron chi connectivity index (χ2n) is 4.50. The zero-order valence-corrected chi connectivity index (χ0v) is 13.3. The normalized spacial score (nSPS) is 12.7. The molecular weight excluding hydrogens is 268 g/mol. The molecule has 116 valence electrons. The molecule has 0 aliphatic carbocycles. The Hall–Kier alpha value is -0.360. The minimum atomic E-state index is -0.469. The van der Waals surface area contributed by atoms with Crippen LogP contribution in [0.15, 0.2) is 0 Å². The number of ether oxygens (including phenoxy) is 2. The van der Waals surface area contributed by atoms with Crippen LogP contribution in [-0.2, 0) is 14.3 Å². The molecule has 0 spiro atoms. The van der Waals surface area contributed by atoms with Gasteiger partial charge in [0.25, 0.3) is 0 Å². The SMILES string of the molecule is CCOCCOC(C)C(=O)NCC(N)(CC)CC.Cl. The molecule has 0 aromatic carbocycles. The predicted molar refractivity (Wildman–Crippen MR) is 79.7 cm³/mol. The molecule has 3 N–H and O–H groups in total. The fourth-order valence-electron chi connectivity index (χ4n) is 1.41. The number of hydrogen-bond donors (Lipinski definition) is 2. The van der Waals surface area contributed by atoms with E-state index >= 15 is 0 Å². The van der Waals surface area contributed by atoms with E-state index in [9.17, 15) is 4.79 Å². The van der Waals surface area contributed by atoms with Crippen molar-refractivity contribution in [2.24, 2.45) is 5.73 Å². The van der Waals surface area contributed by atoms with Crippen LogP contribution in [0.3, 0.4) is 0 Å². The van der Waals surface area contributed by atoms with Gasteiger partial charge in [0.1, 0.15) is 6.10 Å². The Morgan fingerprint density at radius 3 is 2.32 bits per heavy atom. The zero-order chi connectivity index (χ0) is 14.0. The molecule has 0 rings (SSSR count). The number of nitrogens with one attached hydrogen (secondary N) is 1. The summed E-state index contributed by atoms with van der Waals surface area (Å²) in [6.07, 6.45) is 1.20. The topological polar surface area (TPSA) is 73.6 Å². The molecule has 0 saturated heterocycles. The highest BCUT2D eigenvalue weighted by Gasteiger charge is 2.22. The Morgan fingerprint density at radius 1 is 1.26 bits per heavy atom. The average molecular weight is 297 g/mol. The lowest BCUT2D eigenvalue weighted by molar-refractivity contribution is -0.132. The summed E-state index contributed by atoms with van der Waals surface area (Å²) in [4.78, 5) is 11.8. The summed E-state index contributed by atoms with van der Waals surface area (Å²) in [5.41, 5.74) is 5.79. The van der Waals surface area contributed by atoms with Crippen LogP contribution in [0.25, 0.3) is 0 Å². The highest BCUT2D eigenvalue weighted by Crippen LogP contribution is 2.09. The van der Waals surface area contributed by atoms with Crippen LogP contribution in [-0.4, -0.2) is 43.9 Å². The van der Waals surface area contributed by atoms with Crippen molar-refractivity contribution in [2.75, 3.05) is 26.4 Å². The van der Waals surface area contributed by atoms with Gasteiger partial charge >= 0.3 is 0 Å². The Labute approximate surface area is 123 Å². The molecule has 0 aromatic heterocycles. The fraction of sp³-hybridized carbons (Fsp3) is 0.923. The number of rotatable bonds is 10. The molecule has 0 radical (unpaired) electrons. The van der Waals surface area contributed by atoms with Gasteiger partial charge in [0.2, 0.25) is 5.91 Å². The largest absolute Gasteiger partial charge is 0.379 e. The monoisotopic (exact) mass is 296 g/mol. The van der Waals surface area contributed by atoms with E-state index in [1.807, 2.05) is 20.8 Å². The second kappa shape index (κ2) is 11.5. The molecule has 0 bridgehead atoms. The van der Waals surface area contributed by atoms with Crippen LogP contribution in [0.4, 0.5) is 0 Å². The summed E-state index contributed by atoms with van der Waals surface area (Å²) in [5.74, 6) is -0.122. The van der Waals surface area contributed by atoms with E-state index in [4.69, 9.17) is 15.2 Å². The summed E-state index contributed by atoms with van der Waals surface area (Å²) in [5, 5.41) is 2.84. The van der Waals surface area contributed by atoms with Crippen LogP contribution in [0.2, 0.25) is 0 Å². The van der Waals surface area contributed by atoms with E-state index in [0.29, 0.717) is 26.4 Å². The van der Waals surface area contributed by atoms with Crippen molar-refractivity contribution in [3.05, 3.63) is 0 Å². The molecule has 5 nitrogen and oxygen atoms in total. The molecule has 0 aliphatic rings. The number of nitrogens with two attached hydrogens (primary N) is 1.